The number of hydrogen-bond donors (Lipinski definition) is 0. The second-order valence-corrected chi connectivity index (χ2v) is 7.00. The number of oxazole rings is 1. The predicted molar refractivity (Wildman–Crippen MR) is 112 cm³/mol. The minimum Gasteiger partial charge on any atom is -0.406 e. The van der Waals surface area contributed by atoms with Gasteiger partial charge < -0.3 is 4.42 Å². The van der Waals surface area contributed by atoms with Gasteiger partial charge in [-0.1, -0.05) is 12.1 Å². The highest BCUT2D eigenvalue weighted by molar-refractivity contribution is 6.03. The predicted octanol–water partition coefficient (Wildman–Crippen LogP) is 5.76. The van der Waals surface area contributed by atoms with Crippen LogP contribution in [0.1, 0.15) is 5.56 Å². The van der Waals surface area contributed by atoms with E-state index < -0.39 is 17.5 Å². The molecule has 0 unspecified atom stereocenters. The van der Waals surface area contributed by atoms with Crippen LogP contribution in [-0.4, -0.2) is 14.5 Å². The number of fused-ring (bicyclic) bond motifs is 3. The van der Waals surface area contributed by atoms with Crippen molar-refractivity contribution in [3.8, 4) is 16.8 Å². The summed E-state index contributed by atoms with van der Waals surface area (Å²) in [5.74, 6) is -0.823. The second kappa shape index (κ2) is 7.06. The second-order valence-electron chi connectivity index (χ2n) is 7.00. The summed E-state index contributed by atoms with van der Waals surface area (Å²) in [7, 11) is 0. The molecule has 2 aromatic carbocycles. The Kier molecular flexibility index (Phi) is 4.30. The van der Waals surface area contributed by atoms with Gasteiger partial charge in [-0.05, 0) is 47.5 Å². The number of aromatic nitrogens is 3. The van der Waals surface area contributed by atoms with Gasteiger partial charge in [-0.3, -0.25) is 9.97 Å². The Morgan fingerprint density at radius 1 is 1.00 bits per heavy atom. The van der Waals surface area contributed by atoms with Crippen molar-refractivity contribution in [1.29, 1.82) is 0 Å². The number of nitrogens with zero attached hydrogens (tertiary/aromatic N) is 4. The Hall–Kier alpha value is -4.45. The summed E-state index contributed by atoms with van der Waals surface area (Å²) in [4.78, 5) is 24.4. The Labute approximate surface area is 178 Å². The van der Waals surface area contributed by atoms with E-state index in [0.717, 1.165) is 16.7 Å². The van der Waals surface area contributed by atoms with Crippen LogP contribution in [0.3, 0.4) is 0 Å². The summed E-state index contributed by atoms with van der Waals surface area (Å²) in [6.07, 6.45) is -0.155. The number of pyridine rings is 2. The minimum atomic E-state index is -4.56. The molecule has 0 aliphatic carbocycles. The molecule has 3 heterocycles. The molecule has 9 heteroatoms. The van der Waals surface area contributed by atoms with Crippen LogP contribution in [0, 0.1) is 6.57 Å². The Balaban J connectivity index is 1.80. The van der Waals surface area contributed by atoms with Gasteiger partial charge in [0.2, 0.25) is 5.69 Å². The van der Waals surface area contributed by atoms with Crippen molar-refractivity contribution < 1.29 is 17.6 Å². The van der Waals surface area contributed by atoms with Crippen LogP contribution in [-0.2, 0) is 6.18 Å². The highest BCUT2D eigenvalue weighted by Gasteiger charge is 2.31. The third kappa shape index (κ3) is 3.18. The lowest BCUT2D eigenvalue weighted by Crippen LogP contribution is -2.13. The van der Waals surface area contributed by atoms with Crippen LogP contribution >= 0.6 is 0 Å². The van der Waals surface area contributed by atoms with Crippen LogP contribution in [0.15, 0.2) is 76.3 Å². The molecule has 5 rings (SSSR count). The van der Waals surface area contributed by atoms with Crippen LogP contribution in [0.4, 0.5) is 18.9 Å². The van der Waals surface area contributed by atoms with E-state index in [1.807, 2.05) is 0 Å². The third-order valence-electron chi connectivity index (χ3n) is 5.03. The molecule has 0 N–H and O–H groups in total. The van der Waals surface area contributed by atoms with Crippen LogP contribution in [0.2, 0.25) is 0 Å². The molecule has 0 aliphatic heterocycles. The highest BCUT2D eigenvalue weighted by Crippen LogP contribution is 2.33. The summed E-state index contributed by atoms with van der Waals surface area (Å²) in [5.41, 5.74) is 1.86. The first-order chi connectivity index (χ1) is 15.3. The van der Waals surface area contributed by atoms with E-state index >= 15 is 0 Å². The molecule has 0 fully saturated rings. The number of alkyl halides is 3. The van der Waals surface area contributed by atoms with E-state index in [0.29, 0.717) is 33.2 Å². The molecular weight excluding hydrogens is 421 g/mol. The minimum absolute atomic E-state index is 0.0261. The van der Waals surface area contributed by atoms with Crippen molar-refractivity contribution in [3.63, 3.8) is 0 Å². The summed E-state index contributed by atoms with van der Waals surface area (Å²) >= 11 is 0. The molecular formula is C23H11F3N4O2. The zero-order valence-corrected chi connectivity index (χ0v) is 16.1. The van der Waals surface area contributed by atoms with Crippen molar-refractivity contribution in [2.24, 2.45) is 0 Å². The van der Waals surface area contributed by atoms with Gasteiger partial charge in [-0.15, -0.1) is 0 Å². The molecule has 0 radical (unpaired) electrons. The lowest BCUT2D eigenvalue weighted by molar-refractivity contribution is -0.137. The molecule has 0 amide bonds. The zero-order chi connectivity index (χ0) is 22.5. The molecule has 0 spiro atoms. The Morgan fingerprint density at radius 2 is 1.84 bits per heavy atom. The maximum absolute atomic E-state index is 13.2. The molecule has 0 bridgehead atoms. The standard InChI is InChI=1S/C23H11F3N4O2/c1-27-16-7-14(10-28-11-16)13-5-6-19-18(8-13)21-20(12-29-19)32-22(31)30(21)17-4-2-3-15(9-17)23(24,25)26/h2-12H. The summed E-state index contributed by atoms with van der Waals surface area (Å²) in [6, 6.07) is 11.4. The van der Waals surface area contributed by atoms with E-state index in [-0.39, 0.29) is 11.3 Å². The lowest BCUT2D eigenvalue weighted by atomic mass is 10.0. The quantitative estimate of drug-likeness (QED) is 0.333. The van der Waals surface area contributed by atoms with Gasteiger partial charge in [0.1, 0.15) is 5.52 Å². The van der Waals surface area contributed by atoms with Gasteiger partial charge in [0, 0.05) is 17.8 Å². The normalized spacial score (nSPS) is 11.7. The molecule has 0 saturated carbocycles. The van der Waals surface area contributed by atoms with Crippen molar-refractivity contribution in [3.05, 3.63) is 94.7 Å². The van der Waals surface area contributed by atoms with Gasteiger partial charge in [0.05, 0.1) is 29.5 Å². The van der Waals surface area contributed by atoms with E-state index in [1.165, 1.54) is 24.5 Å². The van der Waals surface area contributed by atoms with Crippen molar-refractivity contribution >= 4 is 27.7 Å². The Bertz CT molecular complexity index is 1610. The van der Waals surface area contributed by atoms with Gasteiger partial charge in [-0.2, -0.15) is 13.2 Å². The average molecular weight is 432 g/mol. The fraction of sp³-hybridized carbons (Fsp3) is 0.0435. The maximum Gasteiger partial charge on any atom is 0.424 e. The molecule has 6 nitrogen and oxygen atoms in total. The zero-order valence-electron chi connectivity index (χ0n) is 16.1. The topological polar surface area (TPSA) is 65.3 Å². The van der Waals surface area contributed by atoms with E-state index in [9.17, 15) is 18.0 Å². The molecule has 3 aromatic heterocycles. The molecule has 0 saturated heterocycles. The Morgan fingerprint density at radius 3 is 2.62 bits per heavy atom. The molecule has 32 heavy (non-hydrogen) atoms. The van der Waals surface area contributed by atoms with Crippen molar-refractivity contribution in [1.82, 2.24) is 14.5 Å². The summed E-state index contributed by atoms with van der Waals surface area (Å²) in [6.45, 7) is 7.17. The fourth-order valence-corrected chi connectivity index (χ4v) is 3.58. The third-order valence-corrected chi connectivity index (χ3v) is 5.03. The number of benzene rings is 2. The van der Waals surface area contributed by atoms with E-state index in [2.05, 4.69) is 14.8 Å². The molecule has 5 aromatic rings. The van der Waals surface area contributed by atoms with Crippen molar-refractivity contribution in [2.45, 2.75) is 6.18 Å². The largest absolute Gasteiger partial charge is 0.424 e. The molecule has 0 aliphatic rings. The van der Waals surface area contributed by atoms with E-state index in [1.54, 1.807) is 30.5 Å². The first-order valence-corrected chi connectivity index (χ1v) is 9.30. The monoisotopic (exact) mass is 432 g/mol. The maximum atomic E-state index is 13.2. The van der Waals surface area contributed by atoms with Gasteiger partial charge in [0.15, 0.2) is 5.58 Å². The first kappa shape index (κ1) is 19.5. The van der Waals surface area contributed by atoms with Gasteiger partial charge in [-0.25, -0.2) is 14.2 Å². The van der Waals surface area contributed by atoms with Gasteiger partial charge in [0.25, 0.3) is 0 Å². The fourth-order valence-electron chi connectivity index (χ4n) is 3.58. The summed E-state index contributed by atoms with van der Waals surface area (Å²) in [5, 5.41) is 0.511. The highest BCUT2D eigenvalue weighted by atomic mass is 19.4. The number of halogens is 3. The molecule has 156 valence electrons. The number of rotatable bonds is 2. The number of hydrogen-bond acceptors (Lipinski definition) is 4. The van der Waals surface area contributed by atoms with Crippen LogP contribution < -0.4 is 5.76 Å². The van der Waals surface area contributed by atoms with Crippen LogP contribution in [0.25, 0.3) is 43.7 Å². The smallest absolute Gasteiger partial charge is 0.406 e. The first-order valence-electron chi connectivity index (χ1n) is 9.30. The SMILES string of the molecule is [C-]#[N+]c1cncc(-c2ccc3ncc4oc(=O)n(-c5cccc(C(F)(F)F)c5)c4c3c2)c1. The van der Waals surface area contributed by atoms with Crippen molar-refractivity contribution in [2.75, 3.05) is 0 Å². The van der Waals surface area contributed by atoms with Gasteiger partial charge >= 0.3 is 11.9 Å². The average Bonchev–Trinajstić information content (AvgIpc) is 3.14. The summed E-state index contributed by atoms with van der Waals surface area (Å²) < 4.78 is 46.1. The molecule has 0 atom stereocenters. The van der Waals surface area contributed by atoms with Crippen LogP contribution in [0.5, 0.6) is 0 Å². The van der Waals surface area contributed by atoms with E-state index in [4.69, 9.17) is 11.0 Å². The lowest BCUT2D eigenvalue weighted by Gasteiger charge is -2.10.